The highest BCUT2D eigenvalue weighted by Gasteiger charge is 2.24. The molecule has 0 bridgehead atoms. The van der Waals surface area contributed by atoms with Crippen LogP contribution in [0.15, 0.2) is 0 Å². The van der Waals surface area contributed by atoms with Gasteiger partial charge in [0.15, 0.2) is 5.82 Å². The third kappa shape index (κ3) is 2.39. The molecule has 0 amide bonds. The second kappa shape index (κ2) is 4.96. The molecule has 0 spiro atoms. The van der Waals surface area contributed by atoms with Crippen molar-refractivity contribution in [2.24, 2.45) is 0 Å². The molecule has 1 aliphatic rings. The van der Waals surface area contributed by atoms with E-state index in [2.05, 4.69) is 16.9 Å². The van der Waals surface area contributed by atoms with Crippen molar-refractivity contribution in [2.45, 2.75) is 45.8 Å². The fourth-order valence-electron chi connectivity index (χ4n) is 2.43. The zero-order valence-electron chi connectivity index (χ0n) is 10.7. The molecule has 1 atom stereocenters. The third-order valence-electron chi connectivity index (χ3n) is 3.28. The highest BCUT2D eigenvalue weighted by atomic mass is 16.3. The van der Waals surface area contributed by atoms with Crippen molar-refractivity contribution in [3.8, 4) is 0 Å². The number of hydrogen-bond acceptors (Lipinski definition) is 4. The molecule has 1 saturated heterocycles. The van der Waals surface area contributed by atoms with Crippen molar-refractivity contribution < 1.29 is 5.11 Å². The Labute approximate surface area is 102 Å². The molecular formula is C12H22N4O. The molecule has 2 heterocycles. The number of nitrogens with zero attached hydrogens (tertiary/aromatic N) is 3. The number of nitrogen functional groups attached to an aromatic ring is 1. The Bertz CT molecular complexity index is 388. The van der Waals surface area contributed by atoms with Crippen molar-refractivity contribution >= 4 is 11.5 Å². The maximum Gasteiger partial charge on any atom is 0.150 e. The first-order valence-corrected chi connectivity index (χ1v) is 6.39. The molecule has 3 N–H and O–H groups in total. The van der Waals surface area contributed by atoms with Crippen molar-refractivity contribution in [3.63, 3.8) is 0 Å². The van der Waals surface area contributed by atoms with Crippen LogP contribution in [-0.2, 0) is 6.54 Å². The van der Waals surface area contributed by atoms with Crippen LogP contribution < -0.4 is 10.6 Å². The number of aliphatic hydroxyl groups is 1. The quantitative estimate of drug-likeness (QED) is 0.829. The van der Waals surface area contributed by atoms with Crippen LogP contribution >= 0.6 is 0 Å². The predicted octanol–water partition coefficient (Wildman–Crippen LogP) is 1.14. The van der Waals surface area contributed by atoms with E-state index in [9.17, 15) is 5.11 Å². The molecule has 0 saturated carbocycles. The summed E-state index contributed by atoms with van der Waals surface area (Å²) in [5, 5.41) is 14.2. The second-order valence-corrected chi connectivity index (χ2v) is 4.79. The molecule has 1 aromatic rings. The average Bonchev–Trinajstić information content (AvgIpc) is 2.55. The van der Waals surface area contributed by atoms with E-state index in [-0.39, 0.29) is 6.10 Å². The number of rotatable bonds is 3. The molecule has 5 heteroatoms. The van der Waals surface area contributed by atoms with Gasteiger partial charge in [-0.15, -0.1) is 0 Å². The second-order valence-electron chi connectivity index (χ2n) is 4.79. The summed E-state index contributed by atoms with van der Waals surface area (Å²) in [5.41, 5.74) is 7.74. The van der Waals surface area contributed by atoms with Crippen molar-refractivity contribution in [1.82, 2.24) is 9.78 Å². The molecule has 0 radical (unpaired) electrons. The Morgan fingerprint density at radius 3 is 2.94 bits per heavy atom. The van der Waals surface area contributed by atoms with Crippen LogP contribution in [0, 0.1) is 6.92 Å². The van der Waals surface area contributed by atoms with Gasteiger partial charge in [0, 0.05) is 19.6 Å². The predicted molar refractivity (Wildman–Crippen MR) is 69.1 cm³/mol. The number of β-amino-alcohol motifs (C(OH)–C–C–N with tert-alkyl or cyclic N) is 1. The first kappa shape index (κ1) is 12.2. The summed E-state index contributed by atoms with van der Waals surface area (Å²) in [5.74, 6) is 0.989. The fourth-order valence-corrected chi connectivity index (χ4v) is 2.43. The van der Waals surface area contributed by atoms with Gasteiger partial charge in [-0.2, -0.15) is 5.10 Å². The topological polar surface area (TPSA) is 67.3 Å². The van der Waals surface area contributed by atoms with Crippen LogP contribution in [-0.4, -0.2) is 34.1 Å². The van der Waals surface area contributed by atoms with Crippen LogP contribution in [0.1, 0.15) is 31.9 Å². The number of aliphatic hydroxyl groups excluding tert-OH is 1. The Morgan fingerprint density at radius 1 is 1.53 bits per heavy atom. The van der Waals surface area contributed by atoms with Crippen LogP contribution in [0.25, 0.3) is 0 Å². The van der Waals surface area contributed by atoms with E-state index in [1.807, 2.05) is 11.6 Å². The van der Waals surface area contributed by atoms with Crippen LogP contribution in [0.4, 0.5) is 11.5 Å². The Kier molecular flexibility index (Phi) is 3.57. The monoisotopic (exact) mass is 238 g/mol. The van der Waals surface area contributed by atoms with E-state index in [1.165, 1.54) is 0 Å². The van der Waals surface area contributed by atoms with E-state index in [0.717, 1.165) is 49.6 Å². The molecule has 0 aromatic carbocycles. The molecule has 0 aliphatic carbocycles. The van der Waals surface area contributed by atoms with Crippen molar-refractivity contribution in [3.05, 3.63) is 5.69 Å². The highest BCUT2D eigenvalue weighted by molar-refractivity contribution is 5.66. The van der Waals surface area contributed by atoms with E-state index >= 15 is 0 Å². The summed E-state index contributed by atoms with van der Waals surface area (Å²) >= 11 is 0. The van der Waals surface area contributed by atoms with Crippen LogP contribution in [0.5, 0.6) is 0 Å². The maximum absolute atomic E-state index is 9.75. The Morgan fingerprint density at radius 2 is 2.29 bits per heavy atom. The van der Waals surface area contributed by atoms with E-state index < -0.39 is 0 Å². The first-order valence-electron chi connectivity index (χ1n) is 6.39. The molecule has 1 fully saturated rings. The molecule has 17 heavy (non-hydrogen) atoms. The van der Waals surface area contributed by atoms with Crippen LogP contribution in [0.2, 0.25) is 0 Å². The molecule has 1 aliphatic heterocycles. The molecule has 5 nitrogen and oxygen atoms in total. The third-order valence-corrected chi connectivity index (χ3v) is 3.28. The van der Waals surface area contributed by atoms with Gasteiger partial charge in [0.25, 0.3) is 0 Å². The number of aryl methyl sites for hydroxylation is 2. The summed E-state index contributed by atoms with van der Waals surface area (Å²) in [4.78, 5) is 2.17. The summed E-state index contributed by atoms with van der Waals surface area (Å²) in [7, 11) is 0. The van der Waals surface area contributed by atoms with E-state index in [1.54, 1.807) is 0 Å². The van der Waals surface area contributed by atoms with Gasteiger partial charge in [-0.25, -0.2) is 4.68 Å². The van der Waals surface area contributed by atoms with Crippen molar-refractivity contribution in [1.29, 1.82) is 0 Å². The van der Waals surface area contributed by atoms with Gasteiger partial charge in [-0.3, -0.25) is 0 Å². The lowest BCUT2D eigenvalue weighted by Crippen LogP contribution is -2.39. The lowest BCUT2D eigenvalue weighted by atomic mass is 10.1. The molecule has 1 unspecified atom stereocenters. The number of anilines is 2. The minimum Gasteiger partial charge on any atom is -0.394 e. The maximum atomic E-state index is 9.75. The minimum atomic E-state index is -0.242. The summed E-state index contributed by atoms with van der Waals surface area (Å²) in [6.45, 7) is 6.56. The largest absolute Gasteiger partial charge is 0.394 e. The molecule has 1 aromatic heterocycles. The molecule has 2 rings (SSSR count). The van der Waals surface area contributed by atoms with Gasteiger partial charge in [-0.05, 0) is 26.2 Å². The SMILES string of the molecule is CCCn1nc(C)c(N)c1N1CCCC(O)C1. The van der Waals surface area contributed by atoms with Gasteiger partial charge in [0.05, 0.1) is 17.5 Å². The number of hydrogen-bond donors (Lipinski definition) is 2. The number of piperidine rings is 1. The Hall–Kier alpha value is -1.23. The standard InChI is InChI=1S/C12H22N4O/c1-3-6-16-12(11(13)9(2)14-16)15-7-4-5-10(17)8-15/h10,17H,3-8,13H2,1-2H3. The number of nitrogens with two attached hydrogens (primary N) is 1. The normalized spacial score (nSPS) is 20.9. The van der Waals surface area contributed by atoms with Crippen molar-refractivity contribution in [2.75, 3.05) is 23.7 Å². The van der Waals surface area contributed by atoms with E-state index in [4.69, 9.17) is 5.73 Å². The molecular weight excluding hydrogens is 216 g/mol. The average molecular weight is 238 g/mol. The minimum absolute atomic E-state index is 0.242. The van der Waals surface area contributed by atoms with Gasteiger partial charge in [-0.1, -0.05) is 6.92 Å². The van der Waals surface area contributed by atoms with Gasteiger partial charge in [0.1, 0.15) is 0 Å². The Balaban J connectivity index is 2.28. The summed E-state index contributed by atoms with van der Waals surface area (Å²) in [6.07, 6.45) is 2.69. The number of aromatic nitrogens is 2. The zero-order chi connectivity index (χ0) is 12.4. The smallest absolute Gasteiger partial charge is 0.150 e. The summed E-state index contributed by atoms with van der Waals surface area (Å²) in [6, 6.07) is 0. The van der Waals surface area contributed by atoms with Gasteiger partial charge >= 0.3 is 0 Å². The first-order chi connectivity index (χ1) is 8.13. The summed E-state index contributed by atoms with van der Waals surface area (Å²) < 4.78 is 1.97. The van der Waals surface area contributed by atoms with Crippen LogP contribution in [0.3, 0.4) is 0 Å². The molecule has 96 valence electrons. The lowest BCUT2D eigenvalue weighted by molar-refractivity contribution is 0.153. The van der Waals surface area contributed by atoms with Gasteiger partial charge < -0.3 is 15.7 Å². The highest BCUT2D eigenvalue weighted by Crippen LogP contribution is 2.29. The van der Waals surface area contributed by atoms with Gasteiger partial charge in [0.2, 0.25) is 0 Å². The lowest BCUT2D eigenvalue weighted by Gasteiger charge is -2.32. The zero-order valence-corrected chi connectivity index (χ0v) is 10.7. The fraction of sp³-hybridized carbons (Fsp3) is 0.750. The van der Waals surface area contributed by atoms with E-state index in [0.29, 0.717) is 6.54 Å².